The van der Waals surface area contributed by atoms with Gasteiger partial charge in [-0.2, -0.15) is 0 Å². The average molecular weight is 389 g/mol. The van der Waals surface area contributed by atoms with E-state index < -0.39 is 10.0 Å². The van der Waals surface area contributed by atoms with Gasteiger partial charge in [0, 0.05) is 18.7 Å². The topological polar surface area (TPSA) is 66.5 Å². The molecule has 146 valence electrons. The molecule has 1 N–H and O–H groups in total. The van der Waals surface area contributed by atoms with Gasteiger partial charge in [-0.1, -0.05) is 45.0 Å². The Morgan fingerprint density at radius 1 is 1.04 bits per heavy atom. The van der Waals surface area contributed by atoms with Gasteiger partial charge in [-0.25, -0.2) is 8.42 Å². The van der Waals surface area contributed by atoms with Gasteiger partial charge >= 0.3 is 0 Å². The van der Waals surface area contributed by atoms with Gasteiger partial charge in [-0.15, -0.1) is 0 Å². The van der Waals surface area contributed by atoms with Gasteiger partial charge in [-0.05, 0) is 47.7 Å². The predicted octanol–water partition coefficient (Wildman–Crippen LogP) is 4.17. The van der Waals surface area contributed by atoms with Gasteiger partial charge in [0.2, 0.25) is 15.9 Å². The van der Waals surface area contributed by atoms with E-state index in [1.54, 1.807) is 12.1 Å². The monoisotopic (exact) mass is 388 g/mol. The first-order chi connectivity index (χ1) is 12.7. The van der Waals surface area contributed by atoms with Gasteiger partial charge in [0.05, 0.1) is 11.9 Å². The van der Waals surface area contributed by atoms with Crippen LogP contribution in [-0.2, 0) is 21.2 Å². The van der Waals surface area contributed by atoms with Crippen LogP contribution in [-0.4, -0.2) is 27.1 Å². The standard InChI is InChI=1S/C21H28N2O3S/c1-5-17-6-10-19(11-7-17)22-21(24)14-15-23(27(4,25)26)20-12-8-18(9-13-20)16(2)3/h6-13,16H,5,14-15H2,1-4H3,(H,22,24). The zero-order valence-corrected chi connectivity index (χ0v) is 17.2. The molecule has 0 aromatic heterocycles. The quantitative estimate of drug-likeness (QED) is 0.738. The van der Waals surface area contributed by atoms with Crippen LogP contribution in [0.5, 0.6) is 0 Å². The number of hydrogen-bond acceptors (Lipinski definition) is 3. The van der Waals surface area contributed by atoms with Crippen LogP contribution in [0.15, 0.2) is 48.5 Å². The fourth-order valence-electron chi connectivity index (χ4n) is 2.76. The third-order valence-corrected chi connectivity index (χ3v) is 5.63. The highest BCUT2D eigenvalue weighted by molar-refractivity contribution is 7.92. The molecule has 2 aromatic carbocycles. The van der Waals surface area contributed by atoms with Gasteiger partial charge < -0.3 is 5.32 Å². The van der Waals surface area contributed by atoms with E-state index in [-0.39, 0.29) is 18.9 Å². The normalized spacial score (nSPS) is 11.4. The van der Waals surface area contributed by atoms with Crippen molar-refractivity contribution in [1.82, 2.24) is 0 Å². The van der Waals surface area contributed by atoms with Gasteiger partial charge in [0.25, 0.3) is 0 Å². The van der Waals surface area contributed by atoms with E-state index in [9.17, 15) is 13.2 Å². The highest BCUT2D eigenvalue weighted by Crippen LogP contribution is 2.22. The maximum absolute atomic E-state index is 12.2. The second-order valence-corrected chi connectivity index (χ2v) is 8.84. The third kappa shape index (κ3) is 6.10. The van der Waals surface area contributed by atoms with Crippen molar-refractivity contribution in [3.05, 3.63) is 59.7 Å². The number of rotatable bonds is 8. The van der Waals surface area contributed by atoms with Crippen molar-refractivity contribution in [3.8, 4) is 0 Å². The first kappa shape index (κ1) is 21.0. The minimum Gasteiger partial charge on any atom is -0.326 e. The number of sulfonamides is 1. The first-order valence-electron chi connectivity index (χ1n) is 9.17. The molecule has 0 heterocycles. The van der Waals surface area contributed by atoms with Crippen LogP contribution >= 0.6 is 0 Å². The molecule has 1 amide bonds. The Morgan fingerprint density at radius 2 is 1.63 bits per heavy atom. The van der Waals surface area contributed by atoms with Crippen LogP contribution in [0.25, 0.3) is 0 Å². The van der Waals surface area contributed by atoms with E-state index in [2.05, 4.69) is 26.1 Å². The zero-order chi connectivity index (χ0) is 20.0. The molecule has 0 bridgehead atoms. The number of anilines is 2. The molecule has 0 radical (unpaired) electrons. The maximum Gasteiger partial charge on any atom is 0.232 e. The number of nitrogens with one attached hydrogen (secondary N) is 1. The Labute approximate surface area is 162 Å². The predicted molar refractivity (Wildman–Crippen MR) is 112 cm³/mol. The van der Waals surface area contributed by atoms with Crippen LogP contribution in [0.4, 0.5) is 11.4 Å². The van der Waals surface area contributed by atoms with E-state index in [0.29, 0.717) is 17.3 Å². The van der Waals surface area contributed by atoms with Crippen molar-refractivity contribution in [2.24, 2.45) is 0 Å². The summed E-state index contributed by atoms with van der Waals surface area (Å²) < 4.78 is 25.6. The maximum atomic E-state index is 12.2. The number of nitrogens with zero attached hydrogens (tertiary/aromatic N) is 1. The van der Waals surface area contributed by atoms with Crippen LogP contribution in [0.1, 0.15) is 44.2 Å². The molecule has 0 fully saturated rings. The lowest BCUT2D eigenvalue weighted by molar-refractivity contribution is -0.116. The molecule has 0 saturated heterocycles. The highest BCUT2D eigenvalue weighted by Gasteiger charge is 2.19. The van der Waals surface area contributed by atoms with Crippen molar-refractivity contribution in [3.63, 3.8) is 0 Å². The smallest absolute Gasteiger partial charge is 0.232 e. The lowest BCUT2D eigenvalue weighted by Crippen LogP contribution is -2.33. The van der Waals surface area contributed by atoms with E-state index >= 15 is 0 Å². The molecule has 2 rings (SSSR count). The van der Waals surface area contributed by atoms with Crippen LogP contribution in [0, 0.1) is 0 Å². The summed E-state index contributed by atoms with van der Waals surface area (Å²) >= 11 is 0. The fraction of sp³-hybridized carbons (Fsp3) is 0.381. The summed E-state index contributed by atoms with van der Waals surface area (Å²) in [4.78, 5) is 12.2. The Morgan fingerprint density at radius 3 is 2.11 bits per heavy atom. The number of hydrogen-bond donors (Lipinski definition) is 1. The fourth-order valence-corrected chi connectivity index (χ4v) is 3.69. The summed E-state index contributed by atoms with van der Waals surface area (Å²) in [5.74, 6) is 0.155. The van der Waals surface area contributed by atoms with Gasteiger partial charge in [0.1, 0.15) is 0 Å². The zero-order valence-electron chi connectivity index (χ0n) is 16.4. The third-order valence-electron chi connectivity index (χ3n) is 4.44. The van der Waals surface area contributed by atoms with Crippen LogP contribution in [0.2, 0.25) is 0 Å². The molecule has 5 nitrogen and oxygen atoms in total. The minimum absolute atomic E-state index is 0.0779. The second-order valence-electron chi connectivity index (χ2n) is 6.93. The van der Waals surface area contributed by atoms with Gasteiger partial charge in [0.15, 0.2) is 0 Å². The summed E-state index contributed by atoms with van der Waals surface area (Å²) in [6.07, 6.45) is 2.17. The van der Waals surface area contributed by atoms with E-state index in [4.69, 9.17) is 0 Å². The summed E-state index contributed by atoms with van der Waals surface area (Å²) in [7, 11) is -3.48. The van der Waals surface area contributed by atoms with E-state index in [0.717, 1.165) is 18.2 Å². The Bertz CT molecular complexity index is 857. The molecule has 2 aromatic rings. The van der Waals surface area contributed by atoms with E-state index in [1.165, 1.54) is 9.87 Å². The molecule has 0 aliphatic heterocycles. The number of carbonyl (C=O) groups is 1. The highest BCUT2D eigenvalue weighted by atomic mass is 32.2. The van der Waals surface area contributed by atoms with Crippen LogP contribution < -0.4 is 9.62 Å². The molecule has 6 heteroatoms. The SMILES string of the molecule is CCc1ccc(NC(=O)CCN(c2ccc(C(C)C)cc2)S(C)(=O)=O)cc1. The summed E-state index contributed by atoms with van der Waals surface area (Å²) in [5.41, 5.74) is 3.62. The number of benzene rings is 2. The molecule has 0 saturated carbocycles. The number of carbonyl (C=O) groups excluding carboxylic acids is 1. The second kappa shape index (κ2) is 9.04. The number of aryl methyl sites for hydroxylation is 1. The van der Waals surface area contributed by atoms with Gasteiger partial charge in [-0.3, -0.25) is 9.10 Å². The lowest BCUT2D eigenvalue weighted by Gasteiger charge is -2.22. The average Bonchev–Trinajstić information content (AvgIpc) is 2.61. The molecular formula is C21H28N2O3S. The van der Waals surface area contributed by atoms with Crippen molar-refractivity contribution in [2.45, 2.75) is 39.5 Å². The molecule has 0 aliphatic carbocycles. The molecular weight excluding hydrogens is 360 g/mol. The van der Waals surface area contributed by atoms with Crippen molar-refractivity contribution in [2.75, 3.05) is 22.4 Å². The molecule has 0 aliphatic rings. The summed E-state index contributed by atoms with van der Waals surface area (Å²) in [6.45, 7) is 6.33. The molecule has 27 heavy (non-hydrogen) atoms. The Balaban J connectivity index is 2.04. The van der Waals surface area contributed by atoms with Crippen molar-refractivity contribution in [1.29, 1.82) is 0 Å². The van der Waals surface area contributed by atoms with Crippen LogP contribution in [0.3, 0.4) is 0 Å². The largest absolute Gasteiger partial charge is 0.326 e. The van der Waals surface area contributed by atoms with Crippen molar-refractivity contribution >= 4 is 27.3 Å². The molecule has 0 atom stereocenters. The molecule has 0 spiro atoms. The van der Waals surface area contributed by atoms with Crippen molar-refractivity contribution < 1.29 is 13.2 Å². The first-order valence-corrected chi connectivity index (χ1v) is 11.0. The molecule has 0 unspecified atom stereocenters. The minimum atomic E-state index is -3.48. The Kier molecular flexibility index (Phi) is 7.02. The Hall–Kier alpha value is -2.34. The summed E-state index contributed by atoms with van der Waals surface area (Å²) in [5, 5.41) is 2.82. The lowest BCUT2D eigenvalue weighted by atomic mass is 10.0. The van der Waals surface area contributed by atoms with E-state index in [1.807, 2.05) is 36.4 Å². The number of amides is 1. The summed E-state index contributed by atoms with van der Waals surface area (Å²) in [6, 6.07) is 15.1.